The van der Waals surface area contributed by atoms with Crippen LogP contribution in [0.3, 0.4) is 0 Å². The molecule has 0 radical (unpaired) electrons. The number of para-hydroxylation sites is 1. The van der Waals surface area contributed by atoms with Gasteiger partial charge in [0.2, 0.25) is 11.8 Å². The Bertz CT molecular complexity index is 1290. The molecule has 2 saturated heterocycles. The van der Waals surface area contributed by atoms with Crippen molar-refractivity contribution in [3.63, 3.8) is 0 Å². The molecule has 0 aliphatic carbocycles. The molecule has 0 aromatic heterocycles. The van der Waals surface area contributed by atoms with Crippen LogP contribution in [0.5, 0.6) is 0 Å². The van der Waals surface area contributed by atoms with Crippen LogP contribution in [0.1, 0.15) is 48.8 Å². The van der Waals surface area contributed by atoms with Crippen LogP contribution in [-0.2, 0) is 22.6 Å². The number of nitrogens with zero attached hydrogens (tertiary/aromatic N) is 4. The molecule has 0 unspecified atom stereocenters. The Balaban J connectivity index is 1.24. The summed E-state index contributed by atoms with van der Waals surface area (Å²) in [6, 6.07) is 12.1. The molecule has 2 aromatic rings. The van der Waals surface area contributed by atoms with Crippen molar-refractivity contribution in [3.8, 4) is 0 Å². The number of piperidine rings is 2. The molecule has 3 aliphatic rings. The Morgan fingerprint density at radius 3 is 2.38 bits per heavy atom. The fraction of sp³-hybridized carbons (Fsp3) is 0.531. The molecule has 2 fully saturated rings. The third kappa shape index (κ3) is 6.68. The minimum Gasteiger partial charge on any atom is -0.397 e. The van der Waals surface area contributed by atoms with Crippen LogP contribution in [0.15, 0.2) is 36.4 Å². The second-order valence-electron chi connectivity index (χ2n) is 12.3. The topological polar surface area (TPSA) is 102 Å². The Labute approximate surface area is 253 Å². The smallest absolute Gasteiger partial charge is 0.322 e. The van der Waals surface area contributed by atoms with Gasteiger partial charge in [-0.05, 0) is 81.9 Å². The van der Waals surface area contributed by atoms with E-state index < -0.39 is 5.92 Å². The van der Waals surface area contributed by atoms with E-state index >= 15 is 0 Å². The van der Waals surface area contributed by atoms with Crippen molar-refractivity contribution in [3.05, 3.63) is 58.1 Å². The molecule has 5 rings (SSSR count). The third-order valence-electron chi connectivity index (χ3n) is 9.27. The first kappa shape index (κ1) is 30.2. The van der Waals surface area contributed by atoms with E-state index in [4.69, 9.17) is 17.3 Å². The highest BCUT2D eigenvalue weighted by Gasteiger charge is 2.35. The van der Waals surface area contributed by atoms with Crippen molar-refractivity contribution in [2.24, 2.45) is 5.92 Å². The van der Waals surface area contributed by atoms with Crippen LogP contribution in [0, 0.1) is 12.8 Å². The fourth-order valence-corrected chi connectivity index (χ4v) is 6.91. The lowest BCUT2D eigenvalue weighted by atomic mass is 9.91. The van der Waals surface area contributed by atoms with Gasteiger partial charge in [0.25, 0.3) is 0 Å². The number of hydrogen-bond donors (Lipinski definition) is 2. The van der Waals surface area contributed by atoms with Crippen LogP contribution >= 0.6 is 11.6 Å². The van der Waals surface area contributed by atoms with E-state index in [2.05, 4.69) is 24.3 Å². The second-order valence-corrected chi connectivity index (χ2v) is 12.7. The summed E-state index contributed by atoms with van der Waals surface area (Å²) in [5.74, 6) is -0.457. The summed E-state index contributed by atoms with van der Waals surface area (Å²) in [4.78, 5) is 48.2. The number of aryl methyl sites for hydroxylation is 1. The van der Waals surface area contributed by atoms with E-state index in [-0.39, 0.29) is 30.3 Å². The van der Waals surface area contributed by atoms with Gasteiger partial charge in [-0.25, -0.2) is 4.79 Å². The van der Waals surface area contributed by atoms with Crippen LogP contribution in [0.2, 0.25) is 5.02 Å². The standard InChI is InChI=1S/C32H43ClN6O3/c1-21-16-22(18-27(33)30(21)34)17-24(31(41)38-14-8-25(9-15-38)36(2)3)19-29(40)37-12-10-26(11-13-37)39-20-23-6-4-5-7-28(23)35-32(39)42/h4-7,16,18,24-26H,8-15,17,19-20,34H2,1-3H3,(H,35,42)/t24-/m0/s1. The monoisotopic (exact) mass is 594 g/mol. The number of halogens is 1. The summed E-state index contributed by atoms with van der Waals surface area (Å²) in [6.45, 7) is 5.00. The quantitative estimate of drug-likeness (QED) is 0.464. The summed E-state index contributed by atoms with van der Waals surface area (Å²) in [5, 5.41) is 3.47. The zero-order valence-electron chi connectivity index (χ0n) is 24.9. The molecular formula is C32H43ClN6O3. The molecule has 4 amide bonds. The lowest BCUT2D eigenvalue weighted by Crippen LogP contribution is -2.51. The molecule has 0 spiro atoms. The summed E-state index contributed by atoms with van der Waals surface area (Å²) in [7, 11) is 4.16. The molecule has 0 bridgehead atoms. The van der Waals surface area contributed by atoms with Crippen LogP contribution in [0.4, 0.5) is 16.2 Å². The van der Waals surface area contributed by atoms with Crippen molar-refractivity contribution < 1.29 is 14.4 Å². The number of benzene rings is 2. The molecule has 3 heterocycles. The maximum Gasteiger partial charge on any atom is 0.322 e. The number of anilines is 2. The first-order valence-electron chi connectivity index (χ1n) is 15.0. The highest BCUT2D eigenvalue weighted by molar-refractivity contribution is 6.33. The van der Waals surface area contributed by atoms with Crippen molar-refractivity contribution >= 4 is 40.8 Å². The maximum absolute atomic E-state index is 13.9. The summed E-state index contributed by atoms with van der Waals surface area (Å²) in [6.07, 6.45) is 3.86. The van der Waals surface area contributed by atoms with Gasteiger partial charge in [-0.2, -0.15) is 0 Å². The number of amides is 4. The van der Waals surface area contributed by atoms with E-state index in [0.29, 0.717) is 68.7 Å². The molecule has 226 valence electrons. The Morgan fingerprint density at radius 2 is 1.71 bits per heavy atom. The van der Waals surface area contributed by atoms with E-state index in [1.54, 1.807) is 0 Å². The van der Waals surface area contributed by atoms with E-state index in [0.717, 1.165) is 35.2 Å². The molecular weight excluding hydrogens is 552 g/mol. The summed E-state index contributed by atoms with van der Waals surface area (Å²) < 4.78 is 0. The molecule has 3 N–H and O–H groups in total. The van der Waals surface area contributed by atoms with E-state index in [9.17, 15) is 14.4 Å². The summed E-state index contributed by atoms with van der Waals surface area (Å²) >= 11 is 6.39. The molecule has 10 heteroatoms. The summed E-state index contributed by atoms with van der Waals surface area (Å²) in [5.41, 5.74) is 10.4. The minimum absolute atomic E-state index is 0.0123. The minimum atomic E-state index is -0.477. The number of nitrogens with two attached hydrogens (primary N) is 1. The number of likely N-dealkylation sites (tertiary alicyclic amines) is 2. The average Bonchev–Trinajstić information content (AvgIpc) is 2.99. The first-order valence-corrected chi connectivity index (χ1v) is 15.4. The number of urea groups is 1. The molecule has 3 aliphatic heterocycles. The molecule has 1 atom stereocenters. The number of carbonyl (C=O) groups excluding carboxylic acids is 3. The molecule has 2 aromatic carbocycles. The second kappa shape index (κ2) is 12.9. The van der Waals surface area contributed by atoms with Gasteiger partial charge in [-0.3, -0.25) is 9.59 Å². The Hall–Kier alpha value is -3.30. The SMILES string of the molecule is Cc1cc(C[C@@H](CC(=O)N2CCC(N3Cc4ccccc4NC3=O)CC2)C(=O)N2CCC(N(C)C)CC2)cc(Cl)c1N. The number of carbonyl (C=O) groups is 3. The first-order chi connectivity index (χ1) is 20.1. The van der Waals surface area contributed by atoms with Crippen molar-refractivity contribution in [1.82, 2.24) is 19.6 Å². The van der Waals surface area contributed by atoms with Crippen molar-refractivity contribution in [1.29, 1.82) is 0 Å². The number of hydrogen-bond acceptors (Lipinski definition) is 5. The molecule has 42 heavy (non-hydrogen) atoms. The maximum atomic E-state index is 13.9. The number of fused-ring (bicyclic) bond motifs is 1. The molecule has 0 saturated carbocycles. The number of nitrogens with one attached hydrogen (secondary N) is 1. The average molecular weight is 595 g/mol. The Kier molecular flexibility index (Phi) is 9.28. The van der Waals surface area contributed by atoms with Gasteiger partial charge in [-0.1, -0.05) is 35.9 Å². The fourth-order valence-electron chi connectivity index (χ4n) is 6.62. The Morgan fingerprint density at radius 1 is 1.05 bits per heavy atom. The van der Waals surface area contributed by atoms with Gasteiger partial charge in [0.1, 0.15) is 0 Å². The predicted molar refractivity (Wildman–Crippen MR) is 166 cm³/mol. The van der Waals surface area contributed by atoms with Crippen LogP contribution in [0.25, 0.3) is 0 Å². The zero-order valence-corrected chi connectivity index (χ0v) is 25.7. The van der Waals surface area contributed by atoms with E-state index in [1.807, 2.05) is 58.0 Å². The van der Waals surface area contributed by atoms with Gasteiger partial charge in [-0.15, -0.1) is 0 Å². The molecule has 9 nitrogen and oxygen atoms in total. The van der Waals surface area contributed by atoms with Crippen molar-refractivity contribution in [2.75, 3.05) is 51.3 Å². The van der Waals surface area contributed by atoms with E-state index in [1.165, 1.54) is 0 Å². The van der Waals surface area contributed by atoms with Crippen LogP contribution in [-0.4, -0.2) is 89.8 Å². The van der Waals surface area contributed by atoms with Gasteiger partial charge >= 0.3 is 6.03 Å². The lowest BCUT2D eigenvalue weighted by molar-refractivity contribution is -0.143. The van der Waals surface area contributed by atoms with Gasteiger partial charge in [0, 0.05) is 56.9 Å². The van der Waals surface area contributed by atoms with Gasteiger partial charge < -0.3 is 30.7 Å². The normalized spacial score (nSPS) is 19.1. The predicted octanol–water partition coefficient (Wildman–Crippen LogP) is 4.37. The highest BCUT2D eigenvalue weighted by atomic mass is 35.5. The van der Waals surface area contributed by atoms with Crippen molar-refractivity contribution in [2.45, 2.75) is 64.1 Å². The van der Waals surface area contributed by atoms with Gasteiger partial charge in [0.05, 0.1) is 16.6 Å². The number of nitrogen functional groups attached to an aromatic ring is 1. The van der Waals surface area contributed by atoms with Crippen LogP contribution < -0.4 is 11.1 Å². The zero-order chi connectivity index (χ0) is 30.0. The van der Waals surface area contributed by atoms with Gasteiger partial charge in [0.15, 0.2) is 0 Å². The number of rotatable bonds is 7. The largest absolute Gasteiger partial charge is 0.397 e. The highest BCUT2D eigenvalue weighted by Crippen LogP contribution is 2.30. The third-order valence-corrected chi connectivity index (χ3v) is 9.59. The lowest BCUT2D eigenvalue weighted by Gasteiger charge is -2.41.